The Morgan fingerprint density at radius 3 is 1.22 bits per heavy atom. The molecule has 1 aliphatic heterocycles. The van der Waals surface area contributed by atoms with Crippen molar-refractivity contribution in [3.05, 3.63) is 119 Å². The van der Waals surface area contributed by atoms with Gasteiger partial charge in [-0.3, -0.25) is 0 Å². The van der Waals surface area contributed by atoms with Gasteiger partial charge in [0.05, 0.1) is 22.1 Å². The molecule has 5 aromatic carbocycles. The number of benzene rings is 5. The normalized spacial score (nSPS) is 16.2. The molecule has 0 unspecified atom stereocenters. The topological polar surface area (TPSA) is 9.86 Å². The molecule has 0 amide bonds. The van der Waals surface area contributed by atoms with E-state index in [1.165, 1.54) is 82.8 Å². The van der Waals surface area contributed by atoms with Crippen molar-refractivity contribution in [3.63, 3.8) is 0 Å². The Bertz CT molecular complexity index is 2370. The lowest BCUT2D eigenvalue weighted by molar-refractivity contribution is 0.347. The fourth-order valence-corrected chi connectivity index (χ4v) is 9.26. The minimum absolute atomic E-state index is 0.0109. The minimum atomic E-state index is -0.166. The maximum atomic E-state index is 2.62. The first-order valence-corrected chi connectivity index (χ1v) is 19.0. The molecule has 6 bridgehead atoms. The molecular weight excluding hydrogens is 617 g/mol. The van der Waals surface area contributed by atoms with Gasteiger partial charge in [-0.2, -0.15) is 0 Å². The summed E-state index contributed by atoms with van der Waals surface area (Å²) < 4.78 is 5.24. The third-order valence-electron chi connectivity index (χ3n) is 11.9. The summed E-state index contributed by atoms with van der Waals surface area (Å²) in [7, 11) is 0. The van der Waals surface area contributed by atoms with Crippen LogP contribution in [-0.4, -0.2) is 9.13 Å². The SMILES string of the molecule is CC(C)(C)c1cc2cc(c1)C(C)(C)CC(C)(C)c1cc(cc(C(C)(C)C)c1)-n1c3ccccc3c3cc4c5ccccc5n-2c4c(C(C)(C)C)c31. The zero-order valence-electron chi connectivity index (χ0n) is 33.3. The van der Waals surface area contributed by atoms with Crippen LogP contribution in [0.5, 0.6) is 0 Å². The summed E-state index contributed by atoms with van der Waals surface area (Å²) in [6, 6.07) is 35.7. The van der Waals surface area contributed by atoms with Crippen LogP contribution in [-0.2, 0) is 27.1 Å². The molecule has 0 saturated heterocycles. The second kappa shape index (κ2) is 10.6. The van der Waals surface area contributed by atoms with E-state index in [2.05, 4.69) is 190 Å². The van der Waals surface area contributed by atoms with E-state index in [9.17, 15) is 0 Å². The Balaban J connectivity index is 1.72. The number of nitrogens with zero attached hydrogens (tertiary/aromatic N) is 2. The standard InChI is InChI=1S/C49H56N2/c1-45(2,3)30-22-32-26-34(24-30)50-40-20-16-14-18-36(40)38-28-39-37-19-15-17-21-41(37)51(44(39)42(43(38)50)47(7,8)9)35-25-31(46(4,5)6)23-33(27-35)49(12,13)29-48(32,10)11/h14-28H,29H2,1-13H3. The summed E-state index contributed by atoms with van der Waals surface area (Å²) in [6.45, 7) is 31.3. The highest BCUT2D eigenvalue weighted by molar-refractivity contribution is 6.21. The number of aromatic nitrogens is 2. The molecule has 7 aromatic rings. The van der Waals surface area contributed by atoms with Crippen LogP contribution >= 0.6 is 0 Å². The second-order valence-electron chi connectivity index (χ2n) is 20.0. The van der Waals surface area contributed by atoms with E-state index < -0.39 is 0 Å². The van der Waals surface area contributed by atoms with Gasteiger partial charge in [0, 0.05) is 38.5 Å². The van der Waals surface area contributed by atoms with Crippen LogP contribution in [0.1, 0.15) is 124 Å². The summed E-state index contributed by atoms with van der Waals surface area (Å²) in [6.07, 6.45) is 1.02. The molecule has 0 N–H and O–H groups in total. The van der Waals surface area contributed by atoms with E-state index in [-0.39, 0.29) is 27.1 Å². The van der Waals surface area contributed by atoms with Crippen molar-refractivity contribution in [2.75, 3.05) is 0 Å². The van der Waals surface area contributed by atoms with Gasteiger partial charge in [0.15, 0.2) is 0 Å². The van der Waals surface area contributed by atoms with E-state index in [1.807, 2.05) is 0 Å². The van der Waals surface area contributed by atoms with Gasteiger partial charge in [-0.05, 0) is 98.2 Å². The van der Waals surface area contributed by atoms with Crippen LogP contribution in [0, 0.1) is 0 Å². The molecule has 3 heterocycles. The number of rotatable bonds is 0. The first-order valence-electron chi connectivity index (χ1n) is 19.0. The molecule has 2 heteroatoms. The van der Waals surface area contributed by atoms with Gasteiger partial charge in [-0.15, -0.1) is 0 Å². The zero-order valence-corrected chi connectivity index (χ0v) is 33.3. The fourth-order valence-electron chi connectivity index (χ4n) is 9.26. The molecule has 2 nitrogen and oxygen atoms in total. The first-order chi connectivity index (χ1) is 23.7. The van der Waals surface area contributed by atoms with Gasteiger partial charge >= 0.3 is 0 Å². The third-order valence-corrected chi connectivity index (χ3v) is 11.9. The molecule has 262 valence electrons. The predicted molar refractivity (Wildman–Crippen MR) is 222 cm³/mol. The van der Waals surface area contributed by atoms with Crippen molar-refractivity contribution in [1.82, 2.24) is 9.13 Å². The molecule has 0 spiro atoms. The Morgan fingerprint density at radius 2 is 0.843 bits per heavy atom. The largest absolute Gasteiger partial charge is 0.309 e. The molecular formula is C49H56N2. The van der Waals surface area contributed by atoms with Crippen molar-refractivity contribution in [2.24, 2.45) is 0 Å². The van der Waals surface area contributed by atoms with Gasteiger partial charge in [0.1, 0.15) is 0 Å². The van der Waals surface area contributed by atoms with Crippen LogP contribution in [0.4, 0.5) is 0 Å². The highest BCUT2D eigenvalue weighted by atomic mass is 15.0. The number of hydrogen-bond donors (Lipinski definition) is 0. The van der Waals surface area contributed by atoms with Gasteiger partial charge < -0.3 is 9.13 Å². The van der Waals surface area contributed by atoms with Gasteiger partial charge in [-0.1, -0.05) is 139 Å². The highest BCUT2D eigenvalue weighted by Crippen LogP contribution is 2.49. The summed E-state index contributed by atoms with van der Waals surface area (Å²) >= 11 is 0. The van der Waals surface area contributed by atoms with E-state index in [4.69, 9.17) is 0 Å². The highest BCUT2D eigenvalue weighted by Gasteiger charge is 2.36. The molecule has 51 heavy (non-hydrogen) atoms. The average molecular weight is 673 g/mol. The lowest BCUT2D eigenvalue weighted by Gasteiger charge is -2.38. The molecule has 1 aliphatic rings. The maximum absolute atomic E-state index is 2.62. The van der Waals surface area contributed by atoms with Crippen LogP contribution in [0.15, 0.2) is 91.0 Å². The Hall–Kier alpha value is -4.30. The predicted octanol–water partition coefficient (Wildman–Crippen LogP) is 13.7. The van der Waals surface area contributed by atoms with Crippen molar-refractivity contribution in [2.45, 2.75) is 124 Å². The first kappa shape index (κ1) is 33.8. The number of para-hydroxylation sites is 2. The maximum Gasteiger partial charge on any atom is 0.0599 e. The Kier molecular flexibility index (Phi) is 7.05. The molecule has 0 atom stereocenters. The van der Waals surface area contributed by atoms with Crippen molar-refractivity contribution < 1.29 is 0 Å². The number of hydrogen-bond acceptors (Lipinski definition) is 0. The molecule has 0 aliphatic carbocycles. The second-order valence-corrected chi connectivity index (χ2v) is 20.0. The van der Waals surface area contributed by atoms with E-state index in [1.54, 1.807) is 0 Å². The van der Waals surface area contributed by atoms with E-state index >= 15 is 0 Å². The smallest absolute Gasteiger partial charge is 0.0599 e. The monoisotopic (exact) mass is 672 g/mol. The molecule has 0 saturated carbocycles. The lowest BCUT2D eigenvalue weighted by Crippen LogP contribution is -2.31. The van der Waals surface area contributed by atoms with Gasteiger partial charge in [-0.25, -0.2) is 0 Å². The van der Waals surface area contributed by atoms with E-state index in [0.717, 1.165) is 6.42 Å². The van der Waals surface area contributed by atoms with E-state index in [0.29, 0.717) is 0 Å². The lowest BCUT2D eigenvalue weighted by atomic mass is 9.67. The fraction of sp³-hybridized carbons (Fsp3) is 0.388. The molecule has 0 fully saturated rings. The quantitative estimate of drug-likeness (QED) is 0.152. The van der Waals surface area contributed by atoms with Crippen LogP contribution < -0.4 is 0 Å². The molecule has 0 radical (unpaired) electrons. The zero-order chi connectivity index (χ0) is 36.6. The summed E-state index contributed by atoms with van der Waals surface area (Å²) in [5.74, 6) is 0. The Labute approximate surface area is 305 Å². The van der Waals surface area contributed by atoms with Crippen molar-refractivity contribution in [3.8, 4) is 11.4 Å². The average Bonchev–Trinajstić information content (AvgIpc) is 3.53. The summed E-state index contributed by atoms with van der Waals surface area (Å²) in [4.78, 5) is 0. The Morgan fingerprint density at radius 1 is 0.451 bits per heavy atom. The van der Waals surface area contributed by atoms with Crippen LogP contribution in [0.3, 0.4) is 0 Å². The molecule has 8 rings (SSSR count). The molecule has 2 aromatic heterocycles. The third kappa shape index (κ3) is 5.19. The van der Waals surface area contributed by atoms with Crippen molar-refractivity contribution >= 4 is 43.6 Å². The minimum Gasteiger partial charge on any atom is -0.309 e. The summed E-state index contributed by atoms with van der Waals surface area (Å²) in [5, 5.41) is 5.26. The van der Waals surface area contributed by atoms with Crippen LogP contribution in [0.25, 0.3) is 55.0 Å². The van der Waals surface area contributed by atoms with Gasteiger partial charge in [0.25, 0.3) is 0 Å². The number of fused-ring (bicyclic) bond motifs is 12. The van der Waals surface area contributed by atoms with Gasteiger partial charge in [0.2, 0.25) is 0 Å². The summed E-state index contributed by atoms with van der Waals surface area (Å²) in [5.41, 5.74) is 14.3. The van der Waals surface area contributed by atoms with Crippen molar-refractivity contribution in [1.29, 1.82) is 0 Å². The van der Waals surface area contributed by atoms with Crippen LogP contribution in [0.2, 0.25) is 0 Å².